The van der Waals surface area contributed by atoms with Crippen LogP contribution in [0.5, 0.6) is 0 Å². The summed E-state index contributed by atoms with van der Waals surface area (Å²) in [5.74, 6) is -0.0318. The predicted octanol–water partition coefficient (Wildman–Crippen LogP) is 2.72. The van der Waals surface area contributed by atoms with Crippen molar-refractivity contribution in [1.82, 2.24) is 9.97 Å². The van der Waals surface area contributed by atoms with E-state index in [1.807, 2.05) is 13.0 Å². The second kappa shape index (κ2) is 5.18. The number of benzene rings is 1. The molecular weight excluding hydrogens is 246 g/mol. The predicted molar refractivity (Wildman–Crippen MR) is 71.8 cm³/mol. The Balaban J connectivity index is 2.22. The molecule has 1 heterocycles. The van der Waals surface area contributed by atoms with E-state index in [1.165, 1.54) is 18.7 Å². The molecule has 0 bridgehead atoms. The fourth-order valence-corrected chi connectivity index (χ4v) is 2.21. The molecule has 5 heteroatoms. The largest absolute Gasteiger partial charge is 0.398 e. The lowest BCUT2D eigenvalue weighted by molar-refractivity contribution is 0.101. The maximum Gasteiger partial charge on any atom is 0.192 e. The molecule has 0 aliphatic heterocycles. The Morgan fingerprint density at radius 1 is 1.28 bits per heavy atom. The fourth-order valence-electron chi connectivity index (χ4n) is 1.46. The number of carbonyl (C=O) groups excluding carboxylic acids is 1. The van der Waals surface area contributed by atoms with Crippen molar-refractivity contribution in [3.8, 4) is 0 Å². The molecule has 0 aliphatic rings. The summed E-state index contributed by atoms with van der Waals surface area (Å²) in [5, 5.41) is 0.663. The van der Waals surface area contributed by atoms with Crippen molar-refractivity contribution in [2.24, 2.45) is 0 Å². The molecule has 0 spiro atoms. The van der Waals surface area contributed by atoms with Crippen molar-refractivity contribution >= 4 is 23.2 Å². The van der Waals surface area contributed by atoms with Gasteiger partial charge < -0.3 is 5.73 Å². The van der Waals surface area contributed by atoms with Crippen LogP contribution in [0, 0.1) is 6.92 Å². The van der Waals surface area contributed by atoms with Crippen LogP contribution in [0.25, 0.3) is 0 Å². The van der Waals surface area contributed by atoms with Crippen molar-refractivity contribution in [2.75, 3.05) is 5.73 Å². The van der Waals surface area contributed by atoms with Crippen LogP contribution in [0.15, 0.2) is 40.6 Å². The zero-order valence-corrected chi connectivity index (χ0v) is 11.0. The van der Waals surface area contributed by atoms with Crippen molar-refractivity contribution < 1.29 is 4.79 Å². The van der Waals surface area contributed by atoms with E-state index in [9.17, 15) is 4.79 Å². The highest BCUT2D eigenvalue weighted by atomic mass is 32.2. The molecule has 0 atom stereocenters. The minimum atomic E-state index is -0.0318. The van der Waals surface area contributed by atoms with E-state index in [1.54, 1.807) is 24.5 Å². The van der Waals surface area contributed by atoms with E-state index < -0.39 is 0 Å². The molecule has 2 N–H and O–H groups in total. The summed E-state index contributed by atoms with van der Waals surface area (Å²) in [6, 6.07) is 5.35. The Morgan fingerprint density at radius 3 is 2.50 bits per heavy atom. The molecule has 0 amide bonds. The molecule has 2 rings (SSSR count). The first-order valence-corrected chi connectivity index (χ1v) is 6.25. The van der Waals surface area contributed by atoms with Gasteiger partial charge in [0.2, 0.25) is 0 Å². The van der Waals surface area contributed by atoms with Gasteiger partial charge in [0.05, 0.1) is 0 Å². The van der Waals surface area contributed by atoms with Crippen LogP contribution in [0.1, 0.15) is 22.8 Å². The number of nitrogen functional groups attached to an aromatic ring is 1. The van der Waals surface area contributed by atoms with Crippen LogP contribution < -0.4 is 5.73 Å². The van der Waals surface area contributed by atoms with Gasteiger partial charge in [0.25, 0.3) is 0 Å². The molecule has 4 nitrogen and oxygen atoms in total. The smallest absolute Gasteiger partial charge is 0.192 e. The Hall–Kier alpha value is -1.88. The summed E-state index contributed by atoms with van der Waals surface area (Å²) in [5.41, 5.74) is 7.88. The van der Waals surface area contributed by atoms with Gasteiger partial charge >= 0.3 is 0 Å². The van der Waals surface area contributed by atoms with Crippen molar-refractivity contribution in [2.45, 2.75) is 23.9 Å². The van der Waals surface area contributed by atoms with E-state index in [4.69, 9.17) is 5.73 Å². The van der Waals surface area contributed by atoms with E-state index in [0.717, 1.165) is 10.5 Å². The molecule has 18 heavy (non-hydrogen) atoms. The van der Waals surface area contributed by atoms with Gasteiger partial charge in [-0.05, 0) is 49.4 Å². The number of hydrogen-bond acceptors (Lipinski definition) is 5. The lowest BCUT2D eigenvalue weighted by Gasteiger charge is -2.05. The van der Waals surface area contributed by atoms with Crippen LogP contribution >= 0.6 is 11.8 Å². The zero-order valence-electron chi connectivity index (χ0n) is 10.2. The topological polar surface area (TPSA) is 68.9 Å². The first-order valence-electron chi connectivity index (χ1n) is 5.43. The molecule has 1 aromatic carbocycles. The third-order valence-corrected chi connectivity index (χ3v) is 3.25. The molecule has 0 saturated heterocycles. The first-order chi connectivity index (χ1) is 8.56. The number of hydrogen-bond donors (Lipinski definition) is 1. The summed E-state index contributed by atoms with van der Waals surface area (Å²) in [4.78, 5) is 20.6. The normalized spacial score (nSPS) is 10.3. The third-order valence-electron chi connectivity index (χ3n) is 2.37. The summed E-state index contributed by atoms with van der Waals surface area (Å²) in [6.07, 6.45) is 3.53. The minimum absolute atomic E-state index is 0.0318. The second-order valence-corrected chi connectivity index (χ2v) is 4.99. The quantitative estimate of drug-likeness (QED) is 0.521. The first kappa shape index (κ1) is 12.6. The van der Waals surface area contributed by atoms with Gasteiger partial charge in [-0.3, -0.25) is 4.79 Å². The Labute approximate surface area is 110 Å². The fraction of sp³-hybridized carbons (Fsp3) is 0.154. The maximum absolute atomic E-state index is 11.3. The molecule has 92 valence electrons. The average Bonchev–Trinajstić information content (AvgIpc) is 2.32. The van der Waals surface area contributed by atoms with Gasteiger partial charge in [-0.2, -0.15) is 0 Å². The Morgan fingerprint density at radius 2 is 1.94 bits per heavy atom. The van der Waals surface area contributed by atoms with E-state index in [-0.39, 0.29) is 5.78 Å². The van der Waals surface area contributed by atoms with Crippen LogP contribution in [0.3, 0.4) is 0 Å². The monoisotopic (exact) mass is 259 g/mol. The summed E-state index contributed by atoms with van der Waals surface area (Å²) < 4.78 is 0. The zero-order chi connectivity index (χ0) is 13.1. The van der Waals surface area contributed by atoms with E-state index in [0.29, 0.717) is 16.4 Å². The van der Waals surface area contributed by atoms with E-state index in [2.05, 4.69) is 9.97 Å². The Bertz CT molecular complexity index is 581. The number of Topliss-reactive ketones (excluding diaryl/α,β-unsaturated/α-hetero) is 1. The summed E-state index contributed by atoms with van der Waals surface area (Å²) in [6.45, 7) is 3.44. The molecule has 0 radical (unpaired) electrons. The number of aryl methyl sites for hydroxylation is 1. The van der Waals surface area contributed by atoms with Gasteiger partial charge in [-0.15, -0.1) is 0 Å². The molecule has 0 fully saturated rings. The second-order valence-electron chi connectivity index (χ2n) is 3.95. The standard InChI is InChI=1S/C13H13N3OS/c1-8-6-15-13(16-7-8)18-10-3-4-11(9(2)17)12(14)5-10/h3-7H,14H2,1-2H3. The summed E-state index contributed by atoms with van der Waals surface area (Å²) >= 11 is 1.42. The number of anilines is 1. The molecule has 2 aromatic rings. The van der Waals surface area contributed by atoms with Crippen LogP contribution in [0.2, 0.25) is 0 Å². The van der Waals surface area contributed by atoms with Gasteiger partial charge in [-0.1, -0.05) is 0 Å². The van der Waals surface area contributed by atoms with E-state index >= 15 is 0 Å². The van der Waals surface area contributed by atoms with Crippen molar-refractivity contribution in [3.05, 3.63) is 41.7 Å². The number of carbonyl (C=O) groups is 1. The average molecular weight is 259 g/mol. The number of aromatic nitrogens is 2. The maximum atomic E-state index is 11.3. The van der Waals surface area contributed by atoms with Gasteiger partial charge in [-0.25, -0.2) is 9.97 Å². The van der Waals surface area contributed by atoms with Gasteiger partial charge in [0.1, 0.15) is 0 Å². The van der Waals surface area contributed by atoms with Crippen molar-refractivity contribution in [3.63, 3.8) is 0 Å². The minimum Gasteiger partial charge on any atom is -0.398 e. The molecule has 0 saturated carbocycles. The lowest BCUT2D eigenvalue weighted by Crippen LogP contribution is -1.99. The molecule has 0 unspecified atom stereocenters. The van der Waals surface area contributed by atoms with Crippen LogP contribution in [0.4, 0.5) is 5.69 Å². The van der Waals surface area contributed by atoms with Crippen molar-refractivity contribution in [1.29, 1.82) is 0 Å². The SMILES string of the molecule is CC(=O)c1ccc(Sc2ncc(C)cn2)cc1N. The van der Waals surface area contributed by atoms with Gasteiger partial charge in [0, 0.05) is 28.5 Å². The van der Waals surface area contributed by atoms with Crippen LogP contribution in [-0.4, -0.2) is 15.8 Å². The molecule has 1 aromatic heterocycles. The Kier molecular flexibility index (Phi) is 3.62. The third kappa shape index (κ3) is 2.87. The lowest BCUT2D eigenvalue weighted by atomic mass is 10.1. The number of nitrogens with two attached hydrogens (primary N) is 1. The summed E-state index contributed by atoms with van der Waals surface area (Å²) in [7, 11) is 0. The van der Waals surface area contributed by atoms with Crippen LogP contribution in [-0.2, 0) is 0 Å². The number of nitrogens with zero attached hydrogens (tertiary/aromatic N) is 2. The number of rotatable bonds is 3. The molecule has 0 aliphatic carbocycles. The number of ketones is 1. The van der Waals surface area contributed by atoms with Gasteiger partial charge in [0.15, 0.2) is 10.9 Å². The highest BCUT2D eigenvalue weighted by molar-refractivity contribution is 7.99. The molecular formula is C13H13N3OS. The highest BCUT2D eigenvalue weighted by Crippen LogP contribution is 2.27. The highest BCUT2D eigenvalue weighted by Gasteiger charge is 2.07.